The van der Waals surface area contributed by atoms with Gasteiger partial charge in [0.25, 0.3) is 0 Å². The molecule has 1 saturated carbocycles. The number of hydrogen-bond donors (Lipinski definition) is 2. The molecule has 1 aromatic carbocycles. The Balaban J connectivity index is 1.36. The fourth-order valence-corrected chi connectivity index (χ4v) is 5.86. The molecule has 2 fully saturated rings. The van der Waals surface area contributed by atoms with Gasteiger partial charge >= 0.3 is 0 Å². The standard InChI is InChI=1S/C27H27N5O4S/c1-35-24-17(21-14-29-27(37-21)16-8-11-36-12-9-16)3-2-4-19(24)30-20-13-22(32-25(33)15-5-6-15)31-18-7-10-28-26(34)23(18)20/h2-4,7,10,13-16,23H,5-6,8-9,11-12H2,1H3,(H,28,34)(H,32,33). The Morgan fingerprint density at radius 2 is 2.08 bits per heavy atom. The Kier molecular flexibility index (Phi) is 6.43. The van der Waals surface area contributed by atoms with Crippen LogP contribution < -0.4 is 15.4 Å². The number of methoxy groups -OCH3 is 1. The van der Waals surface area contributed by atoms with Gasteiger partial charge in [-0.25, -0.2) is 15.0 Å². The molecule has 1 aromatic heterocycles. The van der Waals surface area contributed by atoms with Gasteiger partial charge in [0.05, 0.1) is 28.4 Å². The van der Waals surface area contributed by atoms with Gasteiger partial charge in [-0.2, -0.15) is 0 Å². The number of fused-ring (bicyclic) bond motifs is 1. The molecule has 6 rings (SSSR count). The third-order valence-electron chi connectivity index (χ3n) is 6.87. The average molecular weight is 518 g/mol. The highest BCUT2D eigenvalue weighted by molar-refractivity contribution is 7.15. The number of benzene rings is 1. The number of amides is 2. The summed E-state index contributed by atoms with van der Waals surface area (Å²) < 4.78 is 11.3. The van der Waals surface area contributed by atoms with E-state index >= 15 is 0 Å². The number of aliphatic imine (C=N–C) groups is 2. The van der Waals surface area contributed by atoms with Crippen molar-refractivity contribution in [1.82, 2.24) is 15.6 Å². The number of hydrogen-bond acceptors (Lipinski definition) is 8. The van der Waals surface area contributed by atoms with E-state index in [0.29, 0.717) is 34.6 Å². The molecule has 2 aromatic rings. The van der Waals surface area contributed by atoms with Crippen molar-refractivity contribution >= 4 is 40.3 Å². The number of thiazole rings is 1. The lowest BCUT2D eigenvalue weighted by atomic mass is 9.91. The molecular formula is C27H27N5O4S. The molecule has 4 aliphatic rings. The predicted octanol–water partition coefficient (Wildman–Crippen LogP) is 3.87. The number of aromatic nitrogens is 1. The van der Waals surface area contributed by atoms with Crippen LogP contribution in [0.1, 0.15) is 36.6 Å². The first-order valence-corrected chi connectivity index (χ1v) is 13.3. The molecule has 1 aliphatic carbocycles. The molecule has 2 amide bonds. The van der Waals surface area contributed by atoms with E-state index in [-0.39, 0.29) is 17.7 Å². The van der Waals surface area contributed by atoms with E-state index in [1.165, 1.54) is 0 Å². The lowest BCUT2D eigenvalue weighted by Gasteiger charge is -2.24. The molecule has 0 bridgehead atoms. The number of para-hydroxylation sites is 1. The van der Waals surface area contributed by atoms with Crippen LogP contribution in [-0.2, 0) is 14.3 Å². The van der Waals surface area contributed by atoms with Crippen LogP contribution in [0.4, 0.5) is 5.69 Å². The molecule has 0 radical (unpaired) electrons. The maximum absolute atomic E-state index is 12.8. The Morgan fingerprint density at radius 1 is 1.24 bits per heavy atom. The van der Waals surface area contributed by atoms with E-state index in [4.69, 9.17) is 19.5 Å². The summed E-state index contributed by atoms with van der Waals surface area (Å²) in [7, 11) is 1.61. The largest absolute Gasteiger partial charge is 0.494 e. The third kappa shape index (κ3) is 4.86. The highest BCUT2D eigenvalue weighted by Gasteiger charge is 2.35. The Bertz CT molecular complexity index is 1360. The first kappa shape index (κ1) is 23.7. The van der Waals surface area contributed by atoms with E-state index in [1.807, 2.05) is 24.4 Å². The normalized spacial score (nSPS) is 22.7. The SMILES string of the molecule is COc1c(N=C2C=C(NC(=O)C3CC3)N=C3C=CNC(=O)C32)cccc1-c1cnc(C2CCOCC2)s1. The van der Waals surface area contributed by atoms with Crippen molar-refractivity contribution in [3.8, 4) is 16.2 Å². The van der Waals surface area contributed by atoms with Crippen molar-refractivity contribution in [2.45, 2.75) is 31.6 Å². The predicted molar refractivity (Wildman–Crippen MR) is 141 cm³/mol. The smallest absolute Gasteiger partial charge is 0.239 e. The van der Waals surface area contributed by atoms with Gasteiger partial charge in [-0.05, 0) is 43.9 Å². The van der Waals surface area contributed by atoms with Gasteiger partial charge in [-0.3, -0.25) is 9.59 Å². The van der Waals surface area contributed by atoms with Gasteiger partial charge < -0.3 is 20.1 Å². The molecule has 9 nitrogen and oxygen atoms in total. The molecule has 0 spiro atoms. The summed E-state index contributed by atoms with van der Waals surface area (Å²) in [6.07, 6.45) is 10.6. The minimum absolute atomic E-state index is 0.0339. The van der Waals surface area contributed by atoms with Gasteiger partial charge in [0, 0.05) is 49.1 Å². The zero-order valence-corrected chi connectivity index (χ0v) is 21.2. The molecule has 10 heteroatoms. The summed E-state index contributed by atoms with van der Waals surface area (Å²) in [6, 6.07) is 5.77. The highest BCUT2D eigenvalue weighted by atomic mass is 32.1. The topological polar surface area (TPSA) is 114 Å². The van der Waals surface area contributed by atoms with Gasteiger partial charge in [-0.15, -0.1) is 11.3 Å². The monoisotopic (exact) mass is 517 g/mol. The van der Waals surface area contributed by atoms with E-state index < -0.39 is 5.92 Å². The fourth-order valence-electron chi connectivity index (χ4n) is 4.75. The van der Waals surface area contributed by atoms with Crippen LogP contribution in [-0.4, -0.2) is 48.5 Å². The zero-order valence-electron chi connectivity index (χ0n) is 20.4. The van der Waals surface area contributed by atoms with Gasteiger partial charge in [0.15, 0.2) is 5.75 Å². The van der Waals surface area contributed by atoms with Crippen molar-refractivity contribution in [3.05, 3.63) is 53.6 Å². The minimum Gasteiger partial charge on any atom is -0.494 e. The van der Waals surface area contributed by atoms with E-state index in [0.717, 1.165) is 54.3 Å². The third-order valence-corrected chi connectivity index (χ3v) is 8.07. The van der Waals surface area contributed by atoms with Crippen molar-refractivity contribution in [2.75, 3.05) is 20.3 Å². The Labute approximate surface area is 218 Å². The van der Waals surface area contributed by atoms with Crippen LogP contribution in [0.5, 0.6) is 5.75 Å². The van der Waals surface area contributed by atoms with Crippen molar-refractivity contribution < 1.29 is 19.1 Å². The van der Waals surface area contributed by atoms with Crippen molar-refractivity contribution in [3.63, 3.8) is 0 Å². The van der Waals surface area contributed by atoms with Crippen LogP contribution in [0.3, 0.4) is 0 Å². The van der Waals surface area contributed by atoms with Crippen molar-refractivity contribution in [2.24, 2.45) is 21.8 Å². The van der Waals surface area contributed by atoms with E-state index in [9.17, 15) is 9.59 Å². The summed E-state index contributed by atoms with van der Waals surface area (Å²) in [4.78, 5) is 40.3. The lowest BCUT2D eigenvalue weighted by Crippen LogP contribution is -2.43. The average Bonchev–Trinajstić information content (AvgIpc) is 3.66. The molecule has 190 valence electrons. The van der Waals surface area contributed by atoms with Gasteiger partial charge in [-0.1, -0.05) is 6.07 Å². The molecule has 37 heavy (non-hydrogen) atoms. The second-order valence-corrected chi connectivity index (χ2v) is 10.5. The number of ether oxygens (including phenoxy) is 2. The minimum atomic E-state index is -0.677. The van der Waals surface area contributed by atoms with E-state index in [2.05, 4.69) is 15.6 Å². The second-order valence-electron chi connectivity index (χ2n) is 9.45. The molecular weight excluding hydrogens is 490 g/mol. The first-order valence-electron chi connectivity index (χ1n) is 12.5. The molecule has 1 saturated heterocycles. The Hall–Kier alpha value is -3.63. The van der Waals surface area contributed by atoms with Crippen LogP contribution in [0.15, 0.2) is 58.6 Å². The molecule has 1 unspecified atom stereocenters. The lowest BCUT2D eigenvalue weighted by molar-refractivity contribution is -0.121. The van der Waals surface area contributed by atoms with Gasteiger partial charge in [0.2, 0.25) is 11.8 Å². The number of carbonyl (C=O) groups is 2. The zero-order chi connectivity index (χ0) is 25.4. The Morgan fingerprint density at radius 3 is 2.86 bits per heavy atom. The van der Waals surface area contributed by atoms with Crippen LogP contribution in [0, 0.1) is 11.8 Å². The quantitative estimate of drug-likeness (QED) is 0.604. The summed E-state index contributed by atoms with van der Waals surface area (Å²) in [5, 5.41) is 6.73. The maximum atomic E-state index is 12.8. The van der Waals surface area contributed by atoms with E-state index in [1.54, 1.807) is 36.8 Å². The number of carbonyl (C=O) groups excluding carboxylic acids is 2. The van der Waals surface area contributed by atoms with Crippen LogP contribution >= 0.6 is 11.3 Å². The summed E-state index contributed by atoms with van der Waals surface area (Å²) in [5.41, 5.74) is 2.50. The van der Waals surface area contributed by atoms with Crippen LogP contribution in [0.25, 0.3) is 10.4 Å². The molecule has 1 atom stereocenters. The first-order chi connectivity index (χ1) is 18.1. The number of nitrogens with one attached hydrogen (secondary N) is 2. The maximum Gasteiger partial charge on any atom is 0.239 e. The number of allylic oxidation sites excluding steroid dienone is 2. The summed E-state index contributed by atoms with van der Waals surface area (Å²) in [5.74, 6) is 0.486. The van der Waals surface area contributed by atoms with Crippen LogP contribution in [0.2, 0.25) is 0 Å². The summed E-state index contributed by atoms with van der Waals surface area (Å²) in [6.45, 7) is 1.53. The van der Waals surface area contributed by atoms with Crippen molar-refractivity contribution in [1.29, 1.82) is 0 Å². The molecule has 2 N–H and O–H groups in total. The van der Waals surface area contributed by atoms with Gasteiger partial charge in [0.1, 0.15) is 17.4 Å². The highest BCUT2D eigenvalue weighted by Crippen LogP contribution is 2.42. The number of nitrogens with zero attached hydrogens (tertiary/aromatic N) is 3. The number of rotatable bonds is 6. The second kappa shape index (κ2) is 10.0. The summed E-state index contributed by atoms with van der Waals surface area (Å²) >= 11 is 1.66. The molecule has 3 aliphatic heterocycles. The molecule has 4 heterocycles. The fraction of sp³-hybridized carbons (Fsp3) is 0.370.